The Bertz CT molecular complexity index is 324. The zero-order valence-corrected chi connectivity index (χ0v) is 9.56. The average molecular weight is 221 g/mol. The van der Waals surface area contributed by atoms with Gasteiger partial charge in [-0.15, -0.1) is 0 Å². The maximum Gasteiger partial charge on any atom is 0.128 e. The average Bonchev–Trinajstić information content (AvgIpc) is 2.38. The van der Waals surface area contributed by atoms with Crippen LogP contribution in [0.5, 0.6) is 0 Å². The van der Waals surface area contributed by atoms with Crippen molar-refractivity contribution >= 4 is 5.82 Å². The number of nitrogens with zero attached hydrogens (tertiary/aromatic N) is 2. The predicted molar refractivity (Wildman–Crippen MR) is 64.6 cm³/mol. The molecule has 0 spiro atoms. The molecule has 0 bridgehead atoms. The summed E-state index contributed by atoms with van der Waals surface area (Å²) in [6.07, 6.45) is 1.97. The van der Waals surface area contributed by atoms with E-state index in [1.54, 1.807) is 0 Å². The van der Waals surface area contributed by atoms with Gasteiger partial charge in [-0.25, -0.2) is 4.98 Å². The van der Waals surface area contributed by atoms with Crippen molar-refractivity contribution in [3.05, 3.63) is 23.9 Å². The van der Waals surface area contributed by atoms with E-state index in [4.69, 9.17) is 10.5 Å². The second-order valence-corrected chi connectivity index (χ2v) is 3.98. The van der Waals surface area contributed by atoms with Gasteiger partial charge >= 0.3 is 0 Å². The summed E-state index contributed by atoms with van der Waals surface area (Å²) in [5, 5.41) is 0. The van der Waals surface area contributed by atoms with Gasteiger partial charge < -0.3 is 15.4 Å². The van der Waals surface area contributed by atoms with Crippen molar-refractivity contribution < 1.29 is 4.74 Å². The number of hydrogen-bond donors (Lipinski definition) is 1. The summed E-state index contributed by atoms with van der Waals surface area (Å²) in [5.74, 6) is 1.07. The van der Waals surface area contributed by atoms with Crippen LogP contribution < -0.4 is 10.6 Å². The SMILES string of the molecule is NCCCc1cccc(N2CCOCC2)n1. The van der Waals surface area contributed by atoms with E-state index in [-0.39, 0.29) is 0 Å². The van der Waals surface area contributed by atoms with E-state index in [0.29, 0.717) is 0 Å². The number of nitrogens with two attached hydrogens (primary N) is 1. The summed E-state index contributed by atoms with van der Waals surface area (Å²) in [6.45, 7) is 4.20. The van der Waals surface area contributed by atoms with Gasteiger partial charge in [0.05, 0.1) is 13.2 Å². The summed E-state index contributed by atoms with van der Waals surface area (Å²) >= 11 is 0. The molecule has 0 unspecified atom stereocenters. The topological polar surface area (TPSA) is 51.4 Å². The smallest absolute Gasteiger partial charge is 0.128 e. The highest BCUT2D eigenvalue weighted by atomic mass is 16.5. The third kappa shape index (κ3) is 2.93. The normalized spacial score (nSPS) is 16.4. The first-order chi connectivity index (χ1) is 7.90. The molecule has 2 rings (SSSR count). The number of pyridine rings is 1. The van der Waals surface area contributed by atoms with Crippen molar-refractivity contribution in [1.29, 1.82) is 0 Å². The summed E-state index contributed by atoms with van der Waals surface area (Å²) in [4.78, 5) is 6.92. The molecule has 2 N–H and O–H groups in total. The predicted octanol–water partition coefficient (Wildman–Crippen LogP) is 0.809. The highest BCUT2D eigenvalue weighted by Crippen LogP contribution is 2.13. The lowest BCUT2D eigenvalue weighted by Gasteiger charge is -2.28. The molecule has 0 amide bonds. The van der Waals surface area contributed by atoms with Crippen molar-refractivity contribution in [2.45, 2.75) is 12.8 Å². The number of aryl methyl sites for hydroxylation is 1. The second-order valence-electron chi connectivity index (χ2n) is 3.98. The van der Waals surface area contributed by atoms with Gasteiger partial charge in [0, 0.05) is 18.8 Å². The highest BCUT2D eigenvalue weighted by Gasteiger charge is 2.12. The number of aromatic nitrogens is 1. The quantitative estimate of drug-likeness (QED) is 0.817. The van der Waals surface area contributed by atoms with Crippen molar-refractivity contribution in [3.8, 4) is 0 Å². The molecule has 0 saturated carbocycles. The lowest BCUT2D eigenvalue weighted by Crippen LogP contribution is -2.36. The van der Waals surface area contributed by atoms with E-state index in [2.05, 4.69) is 28.1 Å². The molecule has 1 aliphatic heterocycles. The molecule has 1 fully saturated rings. The van der Waals surface area contributed by atoms with Crippen LogP contribution in [0, 0.1) is 0 Å². The molecule has 4 nitrogen and oxygen atoms in total. The van der Waals surface area contributed by atoms with E-state index in [1.807, 2.05) is 0 Å². The summed E-state index contributed by atoms with van der Waals surface area (Å²) in [5.41, 5.74) is 6.64. The Kier molecular flexibility index (Phi) is 4.13. The van der Waals surface area contributed by atoms with Gasteiger partial charge in [-0.2, -0.15) is 0 Å². The van der Waals surface area contributed by atoms with E-state index >= 15 is 0 Å². The van der Waals surface area contributed by atoms with Gasteiger partial charge in [0.2, 0.25) is 0 Å². The molecule has 0 atom stereocenters. The fourth-order valence-electron chi connectivity index (χ4n) is 1.86. The zero-order chi connectivity index (χ0) is 11.2. The van der Waals surface area contributed by atoms with Crippen molar-refractivity contribution in [3.63, 3.8) is 0 Å². The van der Waals surface area contributed by atoms with Gasteiger partial charge in [-0.05, 0) is 31.5 Å². The molecule has 0 aromatic carbocycles. The fraction of sp³-hybridized carbons (Fsp3) is 0.583. The van der Waals surface area contributed by atoms with Crippen molar-refractivity contribution in [2.75, 3.05) is 37.7 Å². The van der Waals surface area contributed by atoms with Crippen LogP contribution in [0.2, 0.25) is 0 Å². The summed E-state index contributed by atoms with van der Waals surface area (Å²) in [7, 11) is 0. The van der Waals surface area contributed by atoms with E-state index in [1.165, 1.54) is 0 Å². The molecule has 1 aromatic rings. The summed E-state index contributed by atoms with van der Waals surface area (Å²) < 4.78 is 5.33. The number of morpholine rings is 1. The van der Waals surface area contributed by atoms with Crippen LogP contribution in [0.3, 0.4) is 0 Å². The Balaban J connectivity index is 2.02. The van der Waals surface area contributed by atoms with Crippen LogP contribution in [-0.4, -0.2) is 37.8 Å². The minimum Gasteiger partial charge on any atom is -0.378 e. The van der Waals surface area contributed by atoms with Crippen molar-refractivity contribution in [1.82, 2.24) is 4.98 Å². The minimum atomic E-state index is 0.726. The molecule has 0 radical (unpaired) electrons. The molecule has 88 valence electrons. The molecule has 16 heavy (non-hydrogen) atoms. The molecule has 4 heteroatoms. The third-order valence-electron chi connectivity index (χ3n) is 2.76. The Morgan fingerprint density at radius 2 is 2.12 bits per heavy atom. The maximum absolute atomic E-state index is 5.50. The second kappa shape index (κ2) is 5.82. The Morgan fingerprint density at radius 1 is 1.31 bits per heavy atom. The molecule has 1 aromatic heterocycles. The lowest BCUT2D eigenvalue weighted by molar-refractivity contribution is 0.122. The van der Waals surface area contributed by atoms with Crippen LogP contribution in [0.4, 0.5) is 5.82 Å². The minimum absolute atomic E-state index is 0.726. The zero-order valence-electron chi connectivity index (χ0n) is 9.56. The molecular weight excluding hydrogens is 202 g/mol. The third-order valence-corrected chi connectivity index (χ3v) is 2.76. The van der Waals surface area contributed by atoms with Gasteiger partial charge in [0.25, 0.3) is 0 Å². The van der Waals surface area contributed by atoms with Crippen molar-refractivity contribution in [2.24, 2.45) is 5.73 Å². The highest BCUT2D eigenvalue weighted by molar-refractivity contribution is 5.39. The van der Waals surface area contributed by atoms with Crippen LogP contribution >= 0.6 is 0 Å². The first-order valence-corrected chi connectivity index (χ1v) is 5.89. The first kappa shape index (κ1) is 11.4. The largest absolute Gasteiger partial charge is 0.378 e. The van der Waals surface area contributed by atoms with Crippen LogP contribution in [-0.2, 0) is 11.2 Å². The van der Waals surface area contributed by atoms with E-state index in [9.17, 15) is 0 Å². The standard InChI is InChI=1S/C12H19N3O/c13-6-2-4-11-3-1-5-12(14-11)15-7-9-16-10-8-15/h1,3,5H,2,4,6-10,13H2. The van der Waals surface area contributed by atoms with Gasteiger partial charge in [0.15, 0.2) is 0 Å². The molecule has 1 aliphatic rings. The van der Waals surface area contributed by atoms with Crippen LogP contribution in [0.25, 0.3) is 0 Å². The Labute approximate surface area is 96.4 Å². The molecular formula is C12H19N3O. The van der Waals surface area contributed by atoms with Crippen LogP contribution in [0.15, 0.2) is 18.2 Å². The molecule has 2 heterocycles. The van der Waals surface area contributed by atoms with Crippen LogP contribution in [0.1, 0.15) is 12.1 Å². The molecule has 0 aliphatic carbocycles. The van der Waals surface area contributed by atoms with Gasteiger partial charge in [0.1, 0.15) is 5.82 Å². The van der Waals surface area contributed by atoms with Gasteiger partial charge in [-0.3, -0.25) is 0 Å². The number of ether oxygens (including phenoxy) is 1. The number of rotatable bonds is 4. The molecule has 1 saturated heterocycles. The Morgan fingerprint density at radius 3 is 2.88 bits per heavy atom. The number of anilines is 1. The number of hydrogen-bond acceptors (Lipinski definition) is 4. The first-order valence-electron chi connectivity index (χ1n) is 5.89. The van der Waals surface area contributed by atoms with E-state index < -0.39 is 0 Å². The fourth-order valence-corrected chi connectivity index (χ4v) is 1.86. The monoisotopic (exact) mass is 221 g/mol. The van der Waals surface area contributed by atoms with Gasteiger partial charge in [-0.1, -0.05) is 6.07 Å². The van der Waals surface area contributed by atoms with E-state index in [0.717, 1.165) is 57.2 Å². The maximum atomic E-state index is 5.50. The summed E-state index contributed by atoms with van der Waals surface area (Å²) in [6, 6.07) is 6.21. The Hall–Kier alpha value is -1.13. The lowest BCUT2D eigenvalue weighted by atomic mass is 10.2.